The van der Waals surface area contributed by atoms with Gasteiger partial charge in [0.1, 0.15) is 0 Å². The average Bonchev–Trinajstić information content (AvgIpc) is 2.59. The summed E-state index contributed by atoms with van der Waals surface area (Å²) >= 11 is 0. The van der Waals surface area contributed by atoms with Crippen molar-refractivity contribution in [2.75, 3.05) is 19.6 Å². The van der Waals surface area contributed by atoms with E-state index < -0.39 is 0 Å². The van der Waals surface area contributed by atoms with E-state index in [1.165, 1.54) is 32.4 Å². The normalized spacial score (nSPS) is 23.8. The number of hydrogen-bond donors (Lipinski definition) is 1. The Morgan fingerprint density at radius 3 is 2.83 bits per heavy atom. The maximum atomic E-state index is 3.85. The van der Waals surface area contributed by atoms with Gasteiger partial charge in [0.15, 0.2) is 5.22 Å². The summed E-state index contributed by atoms with van der Waals surface area (Å²) in [6, 6.07) is 0. The van der Waals surface area contributed by atoms with E-state index >= 15 is 0 Å². The summed E-state index contributed by atoms with van der Waals surface area (Å²) in [4.78, 5) is 2.38. The van der Waals surface area contributed by atoms with Gasteiger partial charge in [-0.2, -0.15) is 0 Å². The van der Waals surface area contributed by atoms with E-state index in [2.05, 4.69) is 25.9 Å². The lowest BCUT2D eigenvalue weighted by atomic mass is 10.1. The SMILES string of the molecule is C1CCN(CC2=NN=[N+]N2)CC1. The van der Waals surface area contributed by atoms with E-state index in [1.54, 1.807) is 0 Å². The van der Waals surface area contributed by atoms with Gasteiger partial charge >= 0.3 is 0 Å². The first-order valence-corrected chi connectivity index (χ1v) is 4.40. The van der Waals surface area contributed by atoms with Crippen LogP contribution in [-0.4, -0.2) is 30.4 Å². The van der Waals surface area contributed by atoms with Gasteiger partial charge in [-0.25, -0.2) is 0 Å². The lowest BCUT2D eigenvalue weighted by molar-refractivity contribution is 0.257. The van der Waals surface area contributed by atoms with E-state index in [-0.39, 0.29) is 0 Å². The number of nitrogens with zero attached hydrogens (tertiary/aromatic N) is 4. The number of hydrogen-bond acceptors (Lipinski definition) is 5. The molecule has 1 saturated heterocycles. The molecule has 0 aromatic heterocycles. The minimum absolute atomic E-state index is 0.868. The fourth-order valence-corrected chi connectivity index (χ4v) is 1.58. The van der Waals surface area contributed by atoms with Crippen molar-refractivity contribution in [2.45, 2.75) is 19.3 Å². The summed E-state index contributed by atoms with van der Waals surface area (Å²) in [6.07, 6.45) is 3.98. The molecule has 0 aliphatic carbocycles. The topological polar surface area (TPSA) is 54.1 Å². The number of likely N-dealkylation sites (tertiary alicyclic amines) is 1. The first-order chi connectivity index (χ1) is 5.95. The van der Waals surface area contributed by atoms with Gasteiger partial charge in [-0.3, -0.25) is 4.90 Å². The molecule has 1 fully saturated rings. The highest BCUT2D eigenvalue weighted by Crippen LogP contribution is 2.07. The first kappa shape index (κ1) is 7.67. The van der Waals surface area contributed by atoms with Crippen molar-refractivity contribution in [3.63, 3.8) is 0 Å². The van der Waals surface area contributed by atoms with Crippen molar-refractivity contribution < 1.29 is 0 Å². The van der Waals surface area contributed by atoms with Gasteiger partial charge in [0.2, 0.25) is 5.22 Å². The van der Waals surface area contributed by atoms with Crippen LogP contribution >= 0.6 is 0 Å². The third kappa shape index (κ3) is 1.79. The second kappa shape index (κ2) is 3.62. The van der Waals surface area contributed by atoms with Crippen LogP contribution in [-0.2, 0) is 0 Å². The number of piperidine rings is 1. The Labute approximate surface area is 71.5 Å². The molecule has 1 radical (unpaired) electrons. The zero-order valence-corrected chi connectivity index (χ0v) is 7.03. The summed E-state index contributed by atoms with van der Waals surface area (Å²) in [6.45, 7) is 3.23. The average molecular weight is 167 g/mol. The molecule has 2 aliphatic heterocycles. The van der Waals surface area contributed by atoms with Crippen LogP contribution in [0.5, 0.6) is 0 Å². The van der Waals surface area contributed by atoms with Gasteiger partial charge in [0.25, 0.3) is 5.84 Å². The highest BCUT2D eigenvalue weighted by molar-refractivity contribution is 5.83. The zero-order valence-electron chi connectivity index (χ0n) is 7.03. The van der Waals surface area contributed by atoms with Crippen molar-refractivity contribution in [1.82, 2.24) is 15.5 Å². The van der Waals surface area contributed by atoms with Gasteiger partial charge in [0.05, 0.1) is 11.6 Å². The Kier molecular flexibility index (Phi) is 2.31. The molecule has 0 aromatic carbocycles. The molecule has 2 aliphatic rings. The molecule has 2 rings (SSSR count). The van der Waals surface area contributed by atoms with Crippen LogP contribution in [0.25, 0.3) is 0 Å². The van der Waals surface area contributed by atoms with E-state index in [9.17, 15) is 0 Å². The Morgan fingerprint density at radius 1 is 1.33 bits per heavy atom. The largest absolute Gasteiger partial charge is 0.299 e. The number of rotatable bonds is 2. The van der Waals surface area contributed by atoms with E-state index in [4.69, 9.17) is 0 Å². The highest BCUT2D eigenvalue weighted by atomic mass is 15.6. The van der Waals surface area contributed by atoms with Gasteiger partial charge in [-0.15, -0.1) is 5.43 Å². The van der Waals surface area contributed by atoms with E-state index in [0.717, 1.165) is 12.4 Å². The molecule has 65 valence electrons. The number of amidine groups is 1. The van der Waals surface area contributed by atoms with Crippen LogP contribution in [0.3, 0.4) is 0 Å². The molecule has 0 saturated carbocycles. The number of nitrogens with one attached hydrogen (secondary N) is 1. The van der Waals surface area contributed by atoms with Crippen molar-refractivity contribution in [3.8, 4) is 0 Å². The van der Waals surface area contributed by atoms with Crippen LogP contribution in [0.15, 0.2) is 10.3 Å². The maximum Gasteiger partial charge on any atom is 0.299 e. The quantitative estimate of drug-likeness (QED) is 0.633. The maximum absolute atomic E-state index is 3.85. The monoisotopic (exact) mass is 167 g/mol. The Bertz CT molecular complexity index is 204. The molecule has 0 spiro atoms. The summed E-state index contributed by atoms with van der Waals surface area (Å²) in [5, 5.41) is 10.9. The predicted molar refractivity (Wildman–Crippen MR) is 45.4 cm³/mol. The molecule has 5 heteroatoms. The molecule has 0 unspecified atom stereocenters. The minimum atomic E-state index is 0.868. The lowest BCUT2D eigenvalue weighted by Crippen LogP contribution is -2.38. The molecule has 0 aromatic rings. The fourth-order valence-electron chi connectivity index (χ4n) is 1.58. The van der Waals surface area contributed by atoms with Crippen molar-refractivity contribution >= 4 is 5.84 Å². The van der Waals surface area contributed by atoms with Crippen LogP contribution in [0.4, 0.5) is 0 Å². The van der Waals surface area contributed by atoms with Gasteiger partial charge in [0, 0.05) is 0 Å². The lowest BCUT2D eigenvalue weighted by Gasteiger charge is -2.24. The van der Waals surface area contributed by atoms with Crippen LogP contribution in [0, 0.1) is 0 Å². The van der Waals surface area contributed by atoms with Crippen molar-refractivity contribution in [1.29, 1.82) is 0 Å². The fraction of sp³-hybridized carbons (Fsp3) is 0.857. The smallest absolute Gasteiger partial charge is 0.294 e. The van der Waals surface area contributed by atoms with Crippen LogP contribution in [0.1, 0.15) is 19.3 Å². The van der Waals surface area contributed by atoms with Crippen LogP contribution in [0.2, 0.25) is 0 Å². The third-order valence-corrected chi connectivity index (χ3v) is 2.21. The molecule has 5 nitrogen and oxygen atoms in total. The molecule has 1 N–H and O–H groups in total. The molecule has 0 atom stereocenters. The van der Waals surface area contributed by atoms with Gasteiger partial charge < -0.3 is 0 Å². The molecular formula is C7H13N5+. The van der Waals surface area contributed by atoms with E-state index in [0.29, 0.717) is 0 Å². The first-order valence-electron chi connectivity index (χ1n) is 4.40. The molecule has 12 heavy (non-hydrogen) atoms. The minimum Gasteiger partial charge on any atom is -0.294 e. The van der Waals surface area contributed by atoms with Gasteiger partial charge in [-0.05, 0) is 25.9 Å². The molecule has 2 heterocycles. The predicted octanol–water partition coefficient (Wildman–Crippen LogP) is 0.0920. The Morgan fingerprint density at radius 2 is 2.17 bits per heavy atom. The Balaban J connectivity index is 1.78. The van der Waals surface area contributed by atoms with Crippen molar-refractivity contribution in [2.24, 2.45) is 10.3 Å². The second-order valence-electron chi connectivity index (χ2n) is 3.18. The Hall–Kier alpha value is -0.970. The molecule has 0 amide bonds. The van der Waals surface area contributed by atoms with Gasteiger partial charge in [-0.1, -0.05) is 6.42 Å². The standard InChI is InChI=1S/C7H13N5/c1-2-4-12(5-3-1)6-7-8-10-11-9-7/h1-6H2,(H,8,9,10)/q+1. The molecule has 0 bridgehead atoms. The zero-order chi connectivity index (χ0) is 8.23. The molecular weight excluding hydrogens is 154 g/mol. The van der Waals surface area contributed by atoms with Crippen molar-refractivity contribution in [3.05, 3.63) is 0 Å². The summed E-state index contributed by atoms with van der Waals surface area (Å²) in [5.74, 6) is 0.872. The van der Waals surface area contributed by atoms with E-state index in [1.807, 2.05) is 0 Å². The summed E-state index contributed by atoms with van der Waals surface area (Å²) in [5.41, 5.74) is 2.77. The van der Waals surface area contributed by atoms with Crippen LogP contribution < -0.4 is 10.6 Å². The summed E-state index contributed by atoms with van der Waals surface area (Å²) in [7, 11) is 0. The highest BCUT2D eigenvalue weighted by Gasteiger charge is 2.19. The third-order valence-electron chi connectivity index (χ3n) is 2.21. The summed E-state index contributed by atoms with van der Waals surface area (Å²) < 4.78 is 0. The second-order valence-corrected chi connectivity index (χ2v) is 3.18.